The second-order valence-electron chi connectivity index (χ2n) is 7.22. The van der Waals surface area contributed by atoms with Gasteiger partial charge in [-0.2, -0.15) is 0 Å². The molecule has 28 heavy (non-hydrogen) atoms. The first-order valence-electron chi connectivity index (χ1n) is 10.6. The van der Waals surface area contributed by atoms with Crippen LogP contribution in [0.25, 0.3) is 0 Å². The van der Waals surface area contributed by atoms with Crippen LogP contribution >= 0.6 is 0 Å². The van der Waals surface area contributed by atoms with Crippen LogP contribution in [-0.2, 0) is 9.53 Å². The predicted octanol–water partition coefficient (Wildman–Crippen LogP) is 4.41. The van der Waals surface area contributed by atoms with Crippen LogP contribution in [0.4, 0.5) is 0 Å². The number of rotatable bonds is 19. The molecular weight excluding hydrogens is 388 g/mol. The van der Waals surface area contributed by atoms with E-state index in [-0.39, 0.29) is 67.9 Å². The van der Waals surface area contributed by atoms with Crippen LogP contribution in [0.15, 0.2) is 0 Å². The van der Waals surface area contributed by atoms with E-state index in [1.54, 1.807) is 0 Å². The average molecular weight is 433 g/mol. The third-order valence-electron chi connectivity index (χ3n) is 4.63. The predicted molar refractivity (Wildman–Crippen MR) is 113 cm³/mol. The van der Waals surface area contributed by atoms with Gasteiger partial charge in [-0.25, -0.2) is 0 Å². The summed E-state index contributed by atoms with van der Waals surface area (Å²) in [6, 6.07) is 0. The van der Waals surface area contributed by atoms with Gasteiger partial charge in [0.1, 0.15) is 12.7 Å². The molecule has 166 valence electrons. The second-order valence-corrected chi connectivity index (χ2v) is 7.22. The number of aliphatic hydroxyl groups excluding tert-OH is 2. The fourth-order valence-corrected chi connectivity index (χ4v) is 2.95. The fourth-order valence-electron chi connectivity index (χ4n) is 2.95. The standard InChI is InChI=1S/C21H42O4.Ca.2H2O/c1-2-3-4-5-6-7-8-9-10-11-12-13-14-15-16-17-21(24)25-19-20(23)18-22;;;/h20,22-23H,2-19H2,1H3;;2*1H2/q;+2;;/p-2. The van der Waals surface area contributed by atoms with Crippen molar-refractivity contribution < 1.29 is 30.7 Å². The Bertz CT molecular complexity index is 292. The molecule has 0 aromatic carbocycles. The fraction of sp³-hybridized carbons (Fsp3) is 0.952. The first kappa shape index (κ1) is 36.0. The van der Waals surface area contributed by atoms with E-state index in [0.717, 1.165) is 12.8 Å². The van der Waals surface area contributed by atoms with Gasteiger partial charge in [-0.1, -0.05) is 96.8 Å². The minimum atomic E-state index is -0.954. The number of aliphatic hydroxyl groups is 2. The van der Waals surface area contributed by atoms with Crippen LogP contribution in [0.3, 0.4) is 0 Å². The minimum Gasteiger partial charge on any atom is -0.870 e. The summed E-state index contributed by atoms with van der Waals surface area (Å²) in [5.74, 6) is -0.276. The van der Waals surface area contributed by atoms with Gasteiger partial charge in [0.15, 0.2) is 0 Å². The van der Waals surface area contributed by atoms with Crippen LogP contribution in [0.5, 0.6) is 0 Å². The first-order valence-corrected chi connectivity index (χ1v) is 10.6. The number of esters is 1. The van der Waals surface area contributed by atoms with Gasteiger partial charge in [-0.15, -0.1) is 0 Å². The van der Waals surface area contributed by atoms with Gasteiger partial charge < -0.3 is 25.9 Å². The van der Waals surface area contributed by atoms with E-state index < -0.39 is 6.10 Å². The molecule has 0 aliphatic heterocycles. The smallest absolute Gasteiger partial charge is 0.870 e. The van der Waals surface area contributed by atoms with Gasteiger partial charge >= 0.3 is 43.7 Å². The van der Waals surface area contributed by atoms with Crippen molar-refractivity contribution in [2.45, 2.75) is 116 Å². The van der Waals surface area contributed by atoms with E-state index in [1.807, 2.05) is 0 Å². The first-order chi connectivity index (χ1) is 12.2. The maximum absolute atomic E-state index is 11.4. The molecule has 0 rings (SSSR count). The van der Waals surface area contributed by atoms with Crippen molar-refractivity contribution in [2.75, 3.05) is 13.2 Å². The van der Waals surface area contributed by atoms with Crippen molar-refractivity contribution in [1.82, 2.24) is 0 Å². The van der Waals surface area contributed by atoms with Gasteiger partial charge in [0.05, 0.1) is 6.61 Å². The summed E-state index contributed by atoms with van der Waals surface area (Å²) in [6.45, 7) is 1.79. The van der Waals surface area contributed by atoms with Gasteiger partial charge in [0.2, 0.25) is 0 Å². The van der Waals surface area contributed by atoms with E-state index >= 15 is 0 Å². The Labute approximate surface area is 202 Å². The van der Waals surface area contributed by atoms with Gasteiger partial charge in [-0.05, 0) is 6.42 Å². The van der Waals surface area contributed by atoms with Crippen LogP contribution < -0.4 is 0 Å². The van der Waals surface area contributed by atoms with Gasteiger partial charge in [0.25, 0.3) is 0 Å². The molecule has 0 amide bonds. The Hall–Kier alpha value is 0.570. The molecule has 0 aliphatic rings. The summed E-state index contributed by atoms with van der Waals surface area (Å²) in [7, 11) is 0. The summed E-state index contributed by atoms with van der Waals surface area (Å²) >= 11 is 0. The molecule has 0 fully saturated rings. The molecule has 0 heterocycles. The molecule has 0 saturated carbocycles. The molecule has 4 N–H and O–H groups in total. The molecule has 6 nitrogen and oxygen atoms in total. The Kier molecular flexibility index (Phi) is 38.2. The summed E-state index contributed by atoms with van der Waals surface area (Å²) in [5.41, 5.74) is 0. The number of ether oxygens (including phenoxy) is 1. The van der Waals surface area contributed by atoms with Crippen molar-refractivity contribution in [3.05, 3.63) is 0 Å². The number of carbonyl (C=O) groups is 1. The third kappa shape index (κ3) is 28.8. The molecule has 7 heteroatoms. The molecule has 0 spiro atoms. The monoisotopic (exact) mass is 432 g/mol. The summed E-state index contributed by atoms with van der Waals surface area (Å²) in [5, 5.41) is 17.7. The van der Waals surface area contributed by atoms with E-state index in [0.29, 0.717) is 6.42 Å². The van der Waals surface area contributed by atoms with Crippen LogP contribution in [0, 0.1) is 0 Å². The van der Waals surface area contributed by atoms with Crippen molar-refractivity contribution in [3.63, 3.8) is 0 Å². The zero-order valence-electron chi connectivity index (χ0n) is 18.1. The van der Waals surface area contributed by atoms with Crippen LogP contribution in [0.2, 0.25) is 0 Å². The minimum absolute atomic E-state index is 0. The zero-order valence-corrected chi connectivity index (χ0v) is 20.3. The Morgan fingerprint density at radius 2 is 1.11 bits per heavy atom. The summed E-state index contributed by atoms with van der Waals surface area (Å²) in [6.07, 6.45) is 19.0. The molecule has 0 radical (unpaired) electrons. The van der Waals surface area contributed by atoms with Crippen molar-refractivity contribution in [3.8, 4) is 0 Å². The molecule has 0 aliphatic carbocycles. The van der Waals surface area contributed by atoms with Crippen LogP contribution in [-0.4, -0.2) is 84.2 Å². The molecular formula is C21H44CaO6. The number of hydrogen-bond donors (Lipinski definition) is 2. The molecule has 0 aromatic heterocycles. The maximum Gasteiger partial charge on any atom is 2.00 e. The van der Waals surface area contributed by atoms with E-state index in [9.17, 15) is 4.79 Å². The molecule has 0 bridgehead atoms. The van der Waals surface area contributed by atoms with Crippen molar-refractivity contribution in [2.24, 2.45) is 0 Å². The summed E-state index contributed by atoms with van der Waals surface area (Å²) in [4.78, 5) is 11.4. The topological polar surface area (TPSA) is 127 Å². The Morgan fingerprint density at radius 3 is 1.46 bits per heavy atom. The third-order valence-corrected chi connectivity index (χ3v) is 4.63. The number of unbranched alkanes of at least 4 members (excludes halogenated alkanes) is 14. The average Bonchev–Trinajstić information content (AvgIpc) is 2.62. The zero-order chi connectivity index (χ0) is 18.6. The van der Waals surface area contributed by atoms with Gasteiger partial charge in [-0.3, -0.25) is 4.79 Å². The molecule has 0 aromatic rings. The van der Waals surface area contributed by atoms with Crippen molar-refractivity contribution in [1.29, 1.82) is 0 Å². The number of hydrogen-bond acceptors (Lipinski definition) is 6. The molecule has 0 saturated heterocycles. The van der Waals surface area contributed by atoms with E-state index in [1.165, 1.54) is 83.5 Å². The molecule has 1 atom stereocenters. The van der Waals surface area contributed by atoms with E-state index in [2.05, 4.69) is 6.92 Å². The normalized spacial score (nSPS) is 11.0. The SMILES string of the molecule is CCCCCCCCCCCCCCCCCC(=O)OCC(O)CO.[Ca+2].[OH-].[OH-]. The van der Waals surface area contributed by atoms with E-state index in [4.69, 9.17) is 14.9 Å². The quantitative estimate of drug-likeness (QED) is 0.177. The maximum atomic E-state index is 11.4. The second kappa shape index (κ2) is 29.8. The molecule has 1 unspecified atom stereocenters. The van der Waals surface area contributed by atoms with Crippen LogP contribution in [0.1, 0.15) is 110 Å². The largest absolute Gasteiger partial charge is 2.00 e. The Balaban J connectivity index is -0.000000960. The Morgan fingerprint density at radius 1 is 0.750 bits per heavy atom. The van der Waals surface area contributed by atoms with Crippen molar-refractivity contribution >= 4 is 43.7 Å². The van der Waals surface area contributed by atoms with Gasteiger partial charge in [0, 0.05) is 6.42 Å². The number of carbonyl (C=O) groups excluding carboxylic acids is 1. The summed E-state index contributed by atoms with van der Waals surface area (Å²) < 4.78 is 4.86.